The molecule has 23 heavy (non-hydrogen) atoms. The Hall–Kier alpha value is -2.57. The van der Waals surface area contributed by atoms with Crippen LogP contribution in [-0.2, 0) is 4.79 Å². The standard InChI is InChI=1S/C20H22N2O/c1-4-16-11-10-14-18(15-16)21-20(23)19(22(5-2)6-3)17-12-8-7-9-13-17/h1,7-15,19H,5-6H2,2-3H3,(H,21,23). The topological polar surface area (TPSA) is 32.3 Å². The summed E-state index contributed by atoms with van der Waals surface area (Å²) in [7, 11) is 0. The summed E-state index contributed by atoms with van der Waals surface area (Å²) in [6, 6.07) is 16.9. The molecule has 3 heteroatoms. The molecule has 0 aliphatic carbocycles. The van der Waals surface area contributed by atoms with E-state index >= 15 is 0 Å². The molecule has 3 nitrogen and oxygen atoms in total. The van der Waals surface area contributed by atoms with Gasteiger partial charge in [0.2, 0.25) is 5.91 Å². The Morgan fingerprint density at radius 2 is 1.83 bits per heavy atom. The summed E-state index contributed by atoms with van der Waals surface area (Å²) in [6.07, 6.45) is 5.42. The highest BCUT2D eigenvalue weighted by atomic mass is 16.2. The fourth-order valence-electron chi connectivity index (χ4n) is 2.65. The van der Waals surface area contributed by atoms with Crippen LogP contribution in [0.25, 0.3) is 0 Å². The number of rotatable bonds is 6. The summed E-state index contributed by atoms with van der Waals surface area (Å²) in [5.41, 5.74) is 2.46. The second-order valence-corrected chi connectivity index (χ2v) is 5.25. The van der Waals surface area contributed by atoms with Crippen molar-refractivity contribution in [2.75, 3.05) is 18.4 Å². The van der Waals surface area contributed by atoms with E-state index in [2.05, 4.69) is 30.0 Å². The molecular formula is C20H22N2O. The van der Waals surface area contributed by atoms with Crippen molar-refractivity contribution in [2.24, 2.45) is 0 Å². The summed E-state index contributed by atoms with van der Waals surface area (Å²) < 4.78 is 0. The molecule has 1 amide bonds. The third kappa shape index (κ3) is 4.21. The normalized spacial score (nSPS) is 11.7. The second-order valence-electron chi connectivity index (χ2n) is 5.25. The number of carbonyl (C=O) groups is 1. The van der Waals surface area contributed by atoms with Crippen LogP contribution in [0.2, 0.25) is 0 Å². The molecule has 2 rings (SSSR count). The van der Waals surface area contributed by atoms with E-state index in [1.807, 2.05) is 54.6 Å². The van der Waals surface area contributed by atoms with Crippen LogP contribution in [0, 0.1) is 12.3 Å². The minimum atomic E-state index is -0.319. The lowest BCUT2D eigenvalue weighted by atomic mass is 10.0. The number of anilines is 1. The number of terminal acetylenes is 1. The minimum Gasteiger partial charge on any atom is -0.324 e. The Labute approximate surface area is 138 Å². The summed E-state index contributed by atoms with van der Waals surface area (Å²) in [5, 5.41) is 2.99. The molecule has 0 saturated heterocycles. The Bertz CT molecular complexity index is 684. The monoisotopic (exact) mass is 306 g/mol. The van der Waals surface area contributed by atoms with Gasteiger partial charge in [-0.1, -0.05) is 56.2 Å². The second kappa shape index (κ2) is 8.17. The summed E-state index contributed by atoms with van der Waals surface area (Å²) in [5.74, 6) is 2.54. The number of nitrogens with one attached hydrogen (secondary N) is 1. The van der Waals surface area contributed by atoms with E-state index < -0.39 is 0 Å². The summed E-state index contributed by atoms with van der Waals surface area (Å²) in [4.78, 5) is 15.0. The number of benzene rings is 2. The summed E-state index contributed by atoms with van der Waals surface area (Å²) in [6.45, 7) is 5.72. The number of hydrogen-bond donors (Lipinski definition) is 1. The van der Waals surface area contributed by atoms with E-state index in [9.17, 15) is 4.79 Å². The maximum atomic E-state index is 12.9. The van der Waals surface area contributed by atoms with Crippen molar-refractivity contribution in [1.29, 1.82) is 0 Å². The van der Waals surface area contributed by atoms with Crippen molar-refractivity contribution in [3.05, 3.63) is 65.7 Å². The van der Waals surface area contributed by atoms with Gasteiger partial charge in [-0.15, -0.1) is 6.42 Å². The van der Waals surface area contributed by atoms with Gasteiger partial charge in [-0.05, 0) is 36.9 Å². The first-order valence-electron chi connectivity index (χ1n) is 7.86. The average Bonchev–Trinajstić information content (AvgIpc) is 2.60. The number of carbonyl (C=O) groups excluding carboxylic acids is 1. The van der Waals surface area contributed by atoms with Crippen LogP contribution in [-0.4, -0.2) is 23.9 Å². The maximum Gasteiger partial charge on any atom is 0.246 e. The quantitative estimate of drug-likeness (QED) is 0.826. The van der Waals surface area contributed by atoms with Gasteiger partial charge in [-0.3, -0.25) is 9.69 Å². The molecule has 0 aromatic heterocycles. The van der Waals surface area contributed by atoms with Crippen molar-refractivity contribution in [1.82, 2.24) is 4.90 Å². The van der Waals surface area contributed by atoms with Crippen LogP contribution in [0.4, 0.5) is 5.69 Å². The lowest BCUT2D eigenvalue weighted by Crippen LogP contribution is -2.37. The van der Waals surface area contributed by atoms with Crippen LogP contribution < -0.4 is 5.32 Å². The van der Waals surface area contributed by atoms with Crippen molar-refractivity contribution < 1.29 is 4.79 Å². The molecule has 118 valence electrons. The smallest absolute Gasteiger partial charge is 0.246 e. The van der Waals surface area contributed by atoms with E-state index in [1.165, 1.54) is 0 Å². The van der Waals surface area contributed by atoms with E-state index in [-0.39, 0.29) is 11.9 Å². The van der Waals surface area contributed by atoms with Gasteiger partial charge in [0.1, 0.15) is 6.04 Å². The van der Waals surface area contributed by atoms with Gasteiger partial charge in [0.05, 0.1) is 0 Å². The van der Waals surface area contributed by atoms with Crippen LogP contribution in [0.5, 0.6) is 0 Å². The zero-order valence-electron chi connectivity index (χ0n) is 13.6. The lowest BCUT2D eigenvalue weighted by Gasteiger charge is -2.29. The van der Waals surface area contributed by atoms with Crippen molar-refractivity contribution in [3.63, 3.8) is 0 Å². The Morgan fingerprint density at radius 3 is 2.43 bits per heavy atom. The van der Waals surface area contributed by atoms with Crippen molar-refractivity contribution >= 4 is 11.6 Å². The molecule has 0 fully saturated rings. The predicted molar refractivity (Wildman–Crippen MR) is 95.1 cm³/mol. The molecule has 0 saturated carbocycles. The zero-order chi connectivity index (χ0) is 16.7. The highest BCUT2D eigenvalue weighted by molar-refractivity contribution is 5.95. The van der Waals surface area contributed by atoms with Gasteiger partial charge in [-0.25, -0.2) is 0 Å². The third-order valence-electron chi connectivity index (χ3n) is 3.84. The molecule has 1 unspecified atom stereocenters. The number of amides is 1. The van der Waals surface area contributed by atoms with Crippen molar-refractivity contribution in [2.45, 2.75) is 19.9 Å². The predicted octanol–water partition coefficient (Wildman–Crippen LogP) is 3.69. The first-order valence-corrected chi connectivity index (χ1v) is 7.86. The van der Waals surface area contributed by atoms with E-state index in [4.69, 9.17) is 6.42 Å². The molecule has 0 bridgehead atoms. The molecule has 1 atom stereocenters. The molecule has 2 aromatic rings. The van der Waals surface area contributed by atoms with Gasteiger partial charge < -0.3 is 5.32 Å². The van der Waals surface area contributed by atoms with Crippen LogP contribution in [0.1, 0.15) is 31.0 Å². The van der Waals surface area contributed by atoms with E-state index in [1.54, 1.807) is 0 Å². The third-order valence-corrected chi connectivity index (χ3v) is 3.84. The van der Waals surface area contributed by atoms with Crippen LogP contribution in [0.3, 0.4) is 0 Å². The van der Waals surface area contributed by atoms with Gasteiger partial charge in [0, 0.05) is 11.3 Å². The van der Waals surface area contributed by atoms with Crippen molar-refractivity contribution in [3.8, 4) is 12.3 Å². The van der Waals surface area contributed by atoms with Crippen LogP contribution in [0.15, 0.2) is 54.6 Å². The molecule has 2 aromatic carbocycles. The van der Waals surface area contributed by atoms with Gasteiger partial charge in [0.25, 0.3) is 0 Å². The fourth-order valence-corrected chi connectivity index (χ4v) is 2.65. The molecule has 0 radical (unpaired) electrons. The molecule has 0 spiro atoms. The van der Waals surface area contributed by atoms with Gasteiger partial charge in [-0.2, -0.15) is 0 Å². The molecule has 0 aliphatic rings. The number of likely N-dealkylation sites (N-methyl/N-ethyl adjacent to an activating group) is 1. The zero-order valence-corrected chi connectivity index (χ0v) is 13.6. The highest BCUT2D eigenvalue weighted by Crippen LogP contribution is 2.22. The van der Waals surface area contributed by atoms with Crippen LogP contribution >= 0.6 is 0 Å². The lowest BCUT2D eigenvalue weighted by molar-refractivity contribution is -0.121. The molecular weight excluding hydrogens is 284 g/mol. The Balaban J connectivity index is 2.28. The van der Waals surface area contributed by atoms with Gasteiger partial charge in [0.15, 0.2) is 0 Å². The number of hydrogen-bond acceptors (Lipinski definition) is 2. The number of nitrogens with zero attached hydrogens (tertiary/aromatic N) is 1. The van der Waals surface area contributed by atoms with Gasteiger partial charge >= 0.3 is 0 Å². The minimum absolute atomic E-state index is 0.0472. The maximum absolute atomic E-state index is 12.9. The Kier molecular flexibility index (Phi) is 5.96. The first kappa shape index (κ1) is 16.8. The van der Waals surface area contributed by atoms with E-state index in [0.29, 0.717) is 0 Å². The largest absolute Gasteiger partial charge is 0.324 e. The first-order chi connectivity index (χ1) is 11.2. The van der Waals surface area contributed by atoms with E-state index in [0.717, 1.165) is 29.9 Å². The molecule has 0 heterocycles. The fraction of sp³-hybridized carbons (Fsp3) is 0.250. The molecule has 0 aliphatic heterocycles. The average molecular weight is 306 g/mol. The molecule has 1 N–H and O–H groups in total. The summed E-state index contributed by atoms with van der Waals surface area (Å²) >= 11 is 0. The SMILES string of the molecule is C#Cc1cccc(NC(=O)C(c2ccccc2)N(CC)CC)c1. The Morgan fingerprint density at radius 1 is 1.13 bits per heavy atom. The highest BCUT2D eigenvalue weighted by Gasteiger charge is 2.25.